The second kappa shape index (κ2) is 7.71. The number of likely N-dealkylation sites (tertiary alicyclic amines) is 1. The van der Waals surface area contributed by atoms with E-state index in [-0.39, 0.29) is 11.7 Å². The molecular weight excluding hydrogens is 354 g/mol. The summed E-state index contributed by atoms with van der Waals surface area (Å²) in [5, 5.41) is 18.7. The fourth-order valence-corrected chi connectivity index (χ4v) is 3.58. The van der Waals surface area contributed by atoms with Gasteiger partial charge in [-0.25, -0.2) is 4.79 Å². The third kappa shape index (κ3) is 3.75. The van der Waals surface area contributed by atoms with Gasteiger partial charge in [-0.3, -0.25) is 9.69 Å². The molecule has 2 heterocycles. The number of aliphatic carboxylic acids is 1. The van der Waals surface area contributed by atoms with Gasteiger partial charge in [-0.05, 0) is 18.2 Å². The van der Waals surface area contributed by atoms with Crippen LogP contribution in [0.25, 0.3) is 0 Å². The molecule has 0 unspecified atom stereocenters. The van der Waals surface area contributed by atoms with Crippen LogP contribution in [-0.4, -0.2) is 54.4 Å². The number of rotatable bonds is 7. The van der Waals surface area contributed by atoms with Crippen molar-refractivity contribution >= 4 is 11.9 Å². The largest absolute Gasteiger partial charge is 0.493 e. The Hall–Kier alpha value is -3.00. The lowest BCUT2D eigenvalue weighted by molar-refractivity contribution is -0.141. The van der Waals surface area contributed by atoms with E-state index < -0.39 is 17.9 Å². The highest BCUT2D eigenvalue weighted by molar-refractivity contribution is 5.84. The van der Waals surface area contributed by atoms with E-state index >= 15 is 0 Å². The molecule has 2 aromatic rings. The summed E-state index contributed by atoms with van der Waals surface area (Å²) in [7, 11) is 3.06. The van der Waals surface area contributed by atoms with Gasteiger partial charge in [0.15, 0.2) is 11.5 Å². The molecule has 0 spiro atoms. The number of hydrogen-bond donors (Lipinski definition) is 2. The molecule has 8 nitrogen and oxygen atoms in total. The van der Waals surface area contributed by atoms with E-state index in [1.54, 1.807) is 12.1 Å². The summed E-state index contributed by atoms with van der Waals surface area (Å²) in [6.07, 6.45) is 0. The van der Waals surface area contributed by atoms with E-state index in [0.717, 1.165) is 5.56 Å². The molecule has 0 amide bonds. The van der Waals surface area contributed by atoms with Gasteiger partial charge in [0.05, 0.1) is 26.7 Å². The molecule has 1 aliphatic rings. The first-order valence-electron chi connectivity index (χ1n) is 8.42. The normalized spacial score (nSPS) is 19.8. The minimum atomic E-state index is -1.13. The number of benzene rings is 1. The predicted molar refractivity (Wildman–Crippen MR) is 94.4 cm³/mol. The van der Waals surface area contributed by atoms with Crippen molar-refractivity contribution in [2.24, 2.45) is 5.92 Å². The first-order valence-corrected chi connectivity index (χ1v) is 8.42. The first kappa shape index (κ1) is 18.8. The molecular formula is C19H21NO7. The number of carboxylic acids is 2. The lowest BCUT2D eigenvalue weighted by Crippen LogP contribution is -2.23. The Kier molecular flexibility index (Phi) is 5.36. The molecule has 0 bridgehead atoms. The average Bonchev–Trinajstić information content (AvgIpc) is 3.28. The number of hydrogen-bond acceptors (Lipinski definition) is 6. The molecule has 1 fully saturated rings. The van der Waals surface area contributed by atoms with Crippen LogP contribution in [0, 0.1) is 5.92 Å². The van der Waals surface area contributed by atoms with Crippen LogP contribution >= 0.6 is 0 Å². The summed E-state index contributed by atoms with van der Waals surface area (Å²) in [4.78, 5) is 24.7. The molecule has 1 aromatic heterocycles. The van der Waals surface area contributed by atoms with Gasteiger partial charge in [-0.2, -0.15) is 0 Å². The highest BCUT2D eigenvalue weighted by Gasteiger charge is 2.40. The second-order valence-corrected chi connectivity index (χ2v) is 6.40. The van der Waals surface area contributed by atoms with Gasteiger partial charge in [-0.15, -0.1) is 0 Å². The van der Waals surface area contributed by atoms with E-state index in [2.05, 4.69) is 0 Å². The molecule has 1 aromatic carbocycles. The smallest absolute Gasteiger partial charge is 0.371 e. The number of carboxylic acid groups (broad SMARTS) is 2. The number of ether oxygens (including phenoxy) is 2. The molecule has 1 aliphatic heterocycles. The predicted octanol–water partition coefficient (Wildman–Crippen LogP) is 2.30. The van der Waals surface area contributed by atoms with Crippen molar-refractivity contribution < 1.29 is 33.7 Å². The Morgan fingerprint density at radius 2 is 1.93 bits per heavy atom. The number of methoxy groups -OCH3 is 2. The molecule has 1 saturated heterocycles. The number of furan rings is 1. The highest BCUT2D eigenvalue weighted by Crippen LogP contribution is 2.42. The number of para-hydroxylation sites is 1. The van der Waals surface area contributed by atoms with Crippen LogP contribution in [0.2, 0.25) is 0 Å². The lowest BCUT2D eigenvalue weighted by Gasteiger charge is -2.20. The standard InChI is InChI=1S/C19H21NO7/c1-25-15-5-3-4-12(17(15)26-2)13-9-20(10-14(13)18(21)22)8-11-6-7-16(27-11)19(23)24/h3-7,13-14H,8-10H2,1-2H3,(H,21,22)(H,23,24)/t13-,14+/m0/s1. The zero-order valence-corrected chi connectivity index (χ0v) is 15.0. The molecule has 0 aliphatic carbocycles. The summed E-state index contributed by atoms with van der Waals surface area (Å²) in [5.74, 6) is -1.51. The molecule has 0 radical (unpaired) electrons. The SMILES string of the molecule is COc1cccc([C@@H]2CN(Cc3ccc(C(=O)O)o3)C[C@H]2C(=O)O)c1OC. The van der Waals surface area contributed by atoms with Crippen LogP contribution < -0.4 is 9.47 Å². The molecule has 0 saturated carbocycles. The minimum absolute atomic E-state index is 0.134. The molecule has 144 valence electrons. The van der Waals surface area contributed by atoms with Gasteiger partial charge in [-0.1, -0.05) is 12.1 Å². The summed E-state index contributed by atoms with van der Waals surface area (Å²) < 4.78 is 16.1. The first-order chi connectivity index (χ1) is 12.9. The van der Waals surface area contributed by atoms with E-state index in [4.69, 9.17) is 19.0 Å². The topological polar surface area (TPSA) is 109 Å². The monoisotopic (exact) mass is 375 g/mol. The van der Waals surface area contributed by atoms with Crippen LogP contribution in [0.5, 0.6) is 11.5 Å². The van der Waals surface area contributed by atoms with Crippen LogP contribution in [-0.2, 0) is 11.3 Å². The van der Waals surface area contributed by atoms with Gasteiger partial charge in [0.2, 0.25) is 5.76 Å². The summed E-state index contributed by atoms with van der Waals surface area (Å²) in [5.41, 5.74) is 0.775. The van der Waals surface area contributed by atoms with E-state index in [0.29, 0.717) is 36.9 Å². The van der Waals surface area contributed by atoms with Crippen molar-refractivity contribution in [3.8, 4) is 11.5 Å². The fourth-order valence-electron chi connectivity index (χ4n) is 3.58. The van der Waals surface area contributed by atoms with Gasteiger partial charge in [0.25, 0.3) is 0 Å². The molecule has 3 rings (SSSR count). The minimum Gasteiger partial charge on any atom is -0.493 e. The fraction of sp³-hybridized carbons (Fsp3) is 0.368. The molecule has 8 heteroatoms. The van der Waals surface area contributed by atoms with Crippen molar-refractivity contribution in [1.29, 1.82) is 0 Å². The average molecular weight is 375 g/mol. The Morgan fingerprint density at radius 1 is 1.15 bits per heavy atom. The van der Waals surface area contributed by atoms with Crippen LogP contribution in [0.4, 0.5) is 0 Å². The van der Waals surface area contributed by atoms with Crippen LogP contribution in [0.15, 0.2) is 34.7 Å². The Bertz CT molecular complexity index is 844. The van der Waals surface area contributed by atoms with E-state index in [9.17, 15) is 14.7 Å². The van der Waals surface area contributed by atoms with Crippen molar-refractivity contribution in [3.05, 3.63) is 47.4 Å². The van der Waals surface area contributed by atoms with Gasteiger partial charge in [0.1, 0.15) is 5.76 Å². The maximum atomic E-state index is 11.8. The zero-order valence-electron chi connectivity index (χ0n) is 15.0. The molecule has 27 heavy (non-hydrogen) atoms. The van der Waals surface area contributed by atoms with Gasteiger partial charge < -0.3 is 24.1 Å². The number of aromatic carboxylic acids is 1. The summed E-state index contributed by atoms with van der Waals surface area (Å²) >= 11 is 0. The van der Waals surface area contributed by atoms with E-state index in [1.165, 1.54) is 20.3 Å². The van der Waals surface area contributed by atoms with Crippen molar-refractivity contribution in [2.75, 3.05) is 27.3 Å². The summed E-state index contributed by atoms with van der Waals surface area (Å²) in [6.45, 7) is 1.13. The van der Waals surface area contributed by atoms with Crippen LogP contribution in [0.1, 0.15) is 27.8 Å². The Morgan fingerprint density at radius 3 is 2.52 bits per heavy atom. The third-order valence-electron chi connectivity index (χ3n) is 4.80. The second-order valence-electron chi connectivity index (χ2n) is 6.40. The zero-order chi connectivity index (χ0) is 19.6. The Labute approximate surface area is 155 Å². The highest BCUT2D eigenvalue weighted by atomic mass is 16.5. The maximum absolute atomic E-state index is 11.8. The molecule has 2 N–H and O–H groups in total. The quantitative estimate of drug-likeness (QED) is 0.759. The van der Waals surface area contributed by atoms with Gasteiger partial charge >= 0.3 is 11.9 Å². The van der Waals surface area contributed by atoms with Crippen molar-refractivity contribution in [3.63, 3.8) is 0 Å². The number of nitrogens with zero attached hydrogens (tertiary/aromatic N) is 1. The van der Waals surface area contributed by atoms with Crippen LogP contribution in [0.3, 0.4) is 0 Å². The third-order valence-corrected chi connectivity index (χ3v) is 4.80. The molecule has 2 atom stereocenters. The van der Waals surface area contributed by atoms with Gasteiger partial charge in [0, 0.05) is 24.6 Å². The van der Waals surface area contributed by atoms with Crippen molar-refractivity contribution in [2.45, 2.75) is 12.5 Å². The maximum Gasteiger partial charge on any atom is 0.371 e. The Balaban J connectivity index is 1.85. The summed E-state index contributed by atoms with van der Waals surface area (Å²) in [6, 6.07) is 8.41. The lowest BCUT2D eigenvalue weighted by atomic mass is 9.88. The number of carbonyl (C=O) groups is 2. The van der Waals surface area contributed by atoms with Crippen molar-refractivity contribution in [1.82, 2.24) is 4.90 Å². The van der Waals surface area contributed by atoms with E-state index in [1.807, 2.05) is 17.0 Å².